The molecular weight excluding hydrogens is 199 g/mol. The van der Waals surface area contributed by atoms with Gasteiger partial charge >= 0.3 is 0 Å². The van der Waals surface area contributed by atoms with E-state index in [-0.39, 0.29) is 24.8 Å². The second kappa shape index (κ2) is 7.24. The molecule has 0 bridgehead atoms. The van der Waals surface area contributed by atoms with E-state index in [1.165, 1.54) is 0 Å². The third-order valence-electron chi connectivity index (χ3n) is 1.18. The Morgan fingerprint density at radius 1 is 0.917 bits per heavy atom. The molecule has 0 unspecified atom stereocenters. The van der Waals surface area contributed by atoms with Crippen LogP contribution in [-0.4, -0.2) is 9.97 Å². The first kappa shape index (κ1) is 14.1. The van der Waals surface area contributed by atoms with Crippen LogP contribution < -0.4 is 11.5 Å². The first-order valence-electron chi connectivity index (χ1n) is 3.06. The highest BCUT2D eigenvalue weighted by Gasteiger charge is 1.91. The topological polar surface area (TPSA) is 77.8 Å². The molecule has 4 nitrogen and oxygen atoms in total. The van der Waals surface area contributed by atoms with Crippen LogP contribution >= 0.6 is 24.8 Å². The average molecular weight is 211 g/mol. The van der Waals surface area contributed by atoms with Gasteiger partial charge in [-0.1, -0.05) is 0 Å². The van der Waals surface area contributed by atoms with Crippen LogP contribution in [0.2, 0.25) is 0 Å². The zero-order valence-corrected chi connectivity index (χ0v) is 8.07. The summed E-state index contributed by atoms with van der Waals surface area (Å²) in [5.74, 6) is 0. The van der Waals surface area contributed by atoms with Gasteiger partial charge in [0.25, 0.3) is 0 Å². The van der Waals surface area contributed by atoms with Crippen molar-refractivity contribution in [3.8, 4) is 0 Å². The Hall–Kier alpha value is -0.420. The summed E-state index contributed by atoms with van der Waals surface area (Å²) in [5, 5.41) is 0. The number of hydrogen-bond acceptors (Lipinski definition) is 4. The number of nitrogens with two attached hydrogens (primary N) is 2. The maximum absolute atomic E-state index is 5.31. The van der Waals surface area contributed by atoms with E-state index in [0.29, 0.717) is 13.1 Å². The highest BCUT2D eigenvalue weighted by atomic mass is 35.5. The maximum Gasteiger partial charge on any atom is 0.0722 e. The van der Waals surface area contributed by atoms with E-state index >= 15 is 0 Å². The van der Waals surface area contributed by atoms with E-state index in [4.69, 9.17) is 11.5 Å². The molecule has 0 aromatic carbocycles. The van der Waals surface area contributed by atoms with Crippen molar-refractivity contribution in [1.29, 1.82) is 0 Å². The van der Waals surface area contributed by atoms with E-state index in [0.717, 1.165) is 11.4 Å². The number of aromatic nitrogens is 2. The summed E-state index contributed by atoms with van der Waals surface area (Å²) in [6.07, 6.45) is 3.28. The van der Waals surface area contributed by atoms with E-state index < -0.39 is 0 Å². The minimum atomic E-state index is 0. The van der Waals surface area contributed by atoms with Gasteiger partial charge in [-0.05, 0) is 0 Å². The third kappa shape index (κ3) is 3.82. The van der Waals surface area contributed by atoms with Crippen molar-refractivity contribution in [3.63, 3.8) is 0 Å². The molecule has 0 fully saturated rings. The fraction of sp³-hybridized carbons (Fsp3) is 0.333. The summed E-state index contributed by atoms with van der Waals surface area (Å²) in [5.41, 5.74) is 12.2. The Balaban J connectivity index is 0. The van der Waals surface area contributed by atoms with Gasteiger partial charge in [-0.2, -0.15) is 0 Å². The predicted octanol–water partition coefficient (Wildman–Crippen LogP) is 0.238. The Labute approximate surface area is 83.6 Å². The zero-order chi connectivity index (χ0) is 7.40. The van der Waals surface area contributed by atoms with Crippen molar-refractivity contribution in [2.75, 3.05) is 0 Å². The molecule has 4 N–H and O–H groups in total. The second-order valence-electron chi connectivity index (χ2n) is 1.91. The Kier molecular flexibility index (Phi) is 8.52. The maximum atomic E-state index is 5.31. The van der Waals surface area contributed by atoms with Crippen LogP contribution in [0.15, 0.2) is 12.4 Å². The molecule has 1 aromatic rings. The minimum absolute atomic E-state index is 0. The van der Waals surface area contributed by atoms with Crippen LogP contribution in [0.25, 0.3) is 0 Å². The fourth-order valence-corrected chi connectivity index (χ4v) is 0.592. The van der Waals surface area contributed by atoms with Gasteiger partial charge in [0.15, 0.2) is 0 Å². The predicted molar refractivity (Wildman–Crippen MR) is 52.3 cm³/mol. The molecule has 12 heavy (non-hydrogen) atoms. The normalized spacial score (nSPS) is 8.17. The highest BCUT2D eigenvalue weighted by Crippen LogP contribution is 1.91. The molecule has 0 spiro atoms. The van der Waals surface area contributed by atoms with Gasteiger partial charge in [-0.15, -0.1) is 24.8 Å². The van der Waals surface area contributed by atoms with Gasteiger partial charge in [0.2, 0.25) is 0 Å². The number of halogens is 2. The third-order valence-corrected chi connectivity index (χ3v) is 1.18. The van der Waals surface area contributed by atoms with Crippen LogP contribution in [0, 0.1) is 0 Å². The average Bonchev–Trinajstić information content (AvgIpc) is 2.05. The summed E-state index contributed by atoms with van der Waals surface area (Å²) < 4.78 is 0. The Bertz CT molecular complexity index is 178. The monoisotopic (exact) mass is 210 g/mol. The quantitative estimate of drug-likeness (QED) is 0.734. The Morgan fingerprint density at radius 3 is 1.42 bits per heavy atom. The van der Waals surface area contributed by atoms with E-state index in [1.807, 2.05) is 0 Å². The molecule has 1 aromatic heterocycles. The van der Waals surface area contributed by atoms with Gasteiger partial charge in [-0.25, -0.2) is 0 Å². The molecule has 0 amide bonds. The second-order valence-corrected chi connectivity index (χ2v) is 1.91. The van der Waals surface area contributed by atoms with Gasteiger partial charge in [0.05, 0.1) is 23.8 Å². The Morgan fingerprint density at radius 2 is 1.25 bits per heavy atom. The molecule has 1 rings (SSSR count). The van der Waals surface area contributed by atoms with Crippen molar-refractivity contribution in [3.05, 3.63) is 23.8 Å². The van der Waals surface area contributed by atoms with E-state index in [1.54, 1.807) is 12.4 Å². The highest BCUT2D eigenvalue weighted by molar-refractivity contribution is 5.85. The van der Waals surface area contributed by atoms with Gasteiger partial charge < -0.3 is 11.5 Å². The van der Waals surface area contributed by atoms with Crippen molar-refractivity contribution < 1.29 is 0 Å². The van der Waals surface area contributed by atoms with Crippen LogP contribution in [0.5, 0.6) is 0 Å². The standard InChI is InChI=1S/C6H10N4.2ClH/c7-1-5-3-10-6(2-8)4-9-5;;/h3-4H,1-2,7-8H2;2*1H. The largest absolute Gasteiger partial charge is 0.325 e. The smallest absolute Gasteiger partial charge is 0.0722 e. The van der Waals surface area contributed by atoms with Crippen LogP contribution in [0.1, 0.15) is 11.4 Å². The molecule has 0 atom stereocenters. The lowest BCUT2D eigenvalue weighted by Gasteiger charge is -1.95. The molecule has 0 saturated heterocycles. The summed E-state index contributed by atoms with van der Waals surface area (Å²) >= 11 is 0. The lowest BCUT2D eigenvalue weighted by molar-refractivity contribution is 0.904. The van der Waals surface area contributed by atoms with E-state index in [2.05, 4.69) is 9.97 Å². The molecule has 0 radical (unpaired) electrons. The lowest BCUT2D eigenvalue weighted by Crippen LogP contribution is -2.04. The number of nitrogens with zero attached hydrogens (tertiary/aromatic N) is 2. The number of hydrogen-bond donors (Lipinski definition) is 2. The minimum Gasteiger partial charge on any atom is -0.325 e. The van der Waals surface area contributed by atoms with Crippen molar-refractivity contribution >= 4 is 24.8 Å². The van der Waals surface area contributed by atoms with Crippen molar-refractivity contribution in [2.45, 2.75) is 13.1 Å². The molecule has 6 heteroatoms. The van der Waals surface area contributed by atoms with E-state index in [9.17, 15) is 0 Å². The fourth-order valence-electron chi connectivity index (χ4n) is 0.592. The van der Waals surface area contributed by atoms with Crippen LogP contribution in [-0.2, 0) is 13.1 Å². The zero-order valence-electron chi connectivity index (χ0n) is 6.43. The van der Waals surface area contributed by atoms with Gasteiger partial charge in [0.1, 0.15) is 0 Å². The SMILES string of the molecule is Cl.Cl.NCc1cnc(CN)cn1. The van der Waals surface area contributed by atoms with Crippen molar-refractivity contribution in [1.82, 2.24) is 9.97 Å². The van der Waals surface area contributed by atoms with Gasteiger partial charge in [0, 0.05) is 13.1 Å². The molecule has 0 aliphatic heterocycles. The molecule has 70 valence electrons. The summed E-state index contributed by atoms with van der Waals surface area (Å²) in [4.78, 5) is 8.00. The summed E-state index contributed by atoms with van der Waals surface area (Å²) in [6, 6.07) is 0. The molecular formula is C6H12Cl2N4. The summed E-state index contributed by atoms with van der Waals surface area (Å²) in [7, 11) is 0. The molecule has 0 aliphatic rings. The van der Waals surface area contributed by atoms with Crippen LogP contribution in [0.4, 0.5) is 0 Å². The lowest BCUT2D eigenvalue weighted by atomic mass is 10.4. The molecule has 1 heterocycles. The summed E-state index contributed by atoms with van der Waals surface area (Å²) in [6.45, 7) is 0.857. The van der Waals surface area contributed by atoms with Gasteiger partial charge in [-0.3, -0.25) is 9.97 Å². The first-order chi connectivity index (χ1) is 4.86. The molecule has 0 saturated carbocycles. The van der Waals surface area contributed by atoms with Crippen molar-refractivity contribution in [2.24, 2.45) is 11.5 Å². The van der Waals surface area contributed by atoms with Crippen LogP contribution in [0.3, 0.4) is 0 Å². The molecule has 0 aliphatic carbocycles. The number of rotatable bonds is 2. The first-order valence-corrected chi connectivity index (χ1v) is 3.06.